The van der Waals surface area contributed by atoms with Crippen molar-refractivity contribution >= 4 is 19.8 Å². The van der Waals surface area contributed by atoms with Gasteiger partial charge in [-0.25, -0.2) is 9.36 Å². The molecule has 0 spiro atoms. The van der Waals surface area contributed by atoms with Crippen molar-refractivity contribution in [3.05, 3.63) is 11.6 Å². The molecule has 366 valence electrons. The molecule has 0 heterocycles. The van der Waals surface area contributed by atoms with Gasteiger partial charge in [0.15, 0.2) is 6.10 Å². The van der Waals surface area contributed by atoms with Crippen LogP contribution in [0.1, 0.15) is 202 Å². The number of likely N-dealkylation sites (N-methyl/N-ethyl adjacent to an activating group) is 1. The standard InChI is InChI=1S/C52H94NO9P/c1-10-11-12-13-14-15-16-17-18-19-20-21-22-26-48(54)59-38-47(49(50(55)56)62-63(57,58)60-36-35-53(7,8)9)61-42-31-33-51(5)41(37-42)27-28-43-45-30-29-44(40(4)25-23-24-39(2)3)52(45,6)34-32-46(43)51/h27,39-40,42-47,49H,10-26,28-38H2,1-9H3,(H-,55,56,57,58)/p+1/t40-,42?,43?,44-,45?,46?,47+,49?,51+,52-/m1/s1. The molecule has 0 amide bonds. The van der Waals surface area contributed by atoms with E-state index in [0.717, 1.165) is 62.2 Å². The summed E-state index contributed by atoms with van der Waals surface area (Å²) < 4.78 is 36.5. The highest BCUT2D eigenvalue weighted by molar-refractivity contribution is 7.47. The third-order valence-electron chi connectivity index (χ3n) is 16.4. The number of ether oxygens (including phenoxy) is 2. The first-order valence-corrected chi connectivity index (χ1v) is 27.5. The molecule has 6 unspecified atom stereocenters. The van der Waals surface area contributed by atoms with Gasteiger partial charge in [0.25, 0.3) is 0 Å². The zero-order valence-electron chi connectivity index (χ0n) is 41.7. The average Bonchev–Trinajstić information content (AvgIpc) is 3.57. The summed E-state index contributed by atoms with van der Waals surface area (Å²) in [6.07, 6.45) is 27.5. The lowest BCUT2D eigenvalue weighted by Gasteiger charge is -2.58. The molecule has 3 fully saturated rings. The van der Waals surface area contributed by atoms with Gasteiger partial charge in [0, 0.05) is 6.42 Å². The summed E-state index contributed by atoms with van der Waals surface area (Å²) in [5.74, 6) is 2.51. The van der Waals surface area contributed by atoms with Crippen LogP contribution in [0.25, 0.3) is 0 Å². The highest BCUT2D eigenvalue weighted by atomic mass is 31.2. The van der Waals surface area contributed by atoms with E-state index in [-0.39, 0.29) is 31.2 Å². The van der Waals surface area contributed by atoms with E-state index in [1.165, 1.54) is 108 Å². The lowest BCUT2D eigenvalue weighted by Crippen LogP contribution is -2.51. The highest BCUT2D eigenvalue weighted by Gasteiger charge is 2.59. The third-order valence-corrected chi connectivity index (χ3v) is 17.4. The van der Waals surface area contributed by atoms with Gasteiger partial charge < -0.3 is 24.0 Å². The van der Waals surface area contributed by atoms with E-state index in [1.807, 2.05) is 21.1 Å². The molecule has 0 aliphatic heterocycles. The van der Waals surface area contributed by atoms with Gasteiger partial charge in [-0.2, -0.15) is 0 Å². The maximum atomic E-state index is 13.2. The van der Waals surface area contributed by atoms with Crippen LogP contribution in [0.4, 0.5) is 0 Å². The lowest BCUT2D eigenvalue weighted by atomic mass is 9.47. The number of nitrogens with zero attached hydrogens (tertiary/aromatic N) is 1. The monoisotopic (exact) mass is 909 g/mol. The number of rotatable bonds is 31. The topological polar surface area (TPSA) is 129 Å². The SMILES string of the molecule is CCCCCCCCCCCCCCCC(=O)OC[C@H](OC1CC[C@@]2(C)C(=CCC3C2CC[C@@]2(C)C3CC[C@@H]2[C@H](C)CCCC(C)C)C1)C(OP(=O)(O)OCC[N+](C)(C)C)C(=O)O. The molecule has 2 N–H and O–H groups in total. The lowest BCUT2D eigenvalue weighted by molar-refractivity contribution is -0.870. The molecule has 0 aromatic heterocycles. The van der Waals surface area contributed by atoms with Crippen LogP contribution in [0.15, 0.2) is 11.6 Å². The number of quaternary nitrogens is 1. The number of phosphoric acid groups is 1. The fourth-order valence-corrected chi connectivity index (χ4v) is 13.5. The van der Waals surface area contributed by atoms with Gasteiger partial charge in [-0.05, 0) is 104 Å². The van der Waals surface area contributed by atoms with Crippen molar-refractivity contribution in [2.24, 2.45) is 46.3 Å². The van der Waals surface area contributed by atoms with Gasteiger partial charge in [-0.1, -0.05) is 150 Å². The first-order valence-electron chi connectivity index (χ1n) is 26.0. The number of hydrogen-bond donors (Lipinski definition) is 2. The zero-order valence-corrected chi connectivity index (χ0v) is 42.6. The second-order valence-electron chi connectivity index (χ2n) is 22.7. The molecule has 0 radical (unpaired) electrons. The minimum atomic E-state index is -4.80. The molecule has 11 atom stereocenters. The zero-order chi connectivity index (χ0) is 46.3. The summed E-state index contributed by atoms with van der Waals surface area (Å²) >= 11 is 0. The van der Waals surface area contributed by atoms with E-state index in [9.17, 15) is 24.2 Å². The van der Waals surface area contributed by atoms with Crippen molar-refractivity contribution in [2.75, 3.05) is 40.9 Å². The van der Waals surface area contributed by atoms with E-state index in [0.29, 0.717) is 41.1 Å². The number of fused-ring (bicyclic) bond motifs is 5. The van der Waals surface area contributed by atoms with Gasteiger partial charge in [0.2, 0.25) is 0 Å². The summed E-state index contributed by atoms with van der Waals surface area (Å²) in [4.78, 5) is 36.5. The number of aliphatic carboxylic acids is 1. The highest BCUT2D eigenvalue weighted by Crippen LogP contribution is 2.67. The molecule has 4 aliphatic rings. The van der Waals surface area contributed by atoms with Crippen LogP contribution in [-0.2, 0) is 32.7 Å². The maximum absolute atomic E-state index is 13.2. The molecule has 10 nitrogen and oxygen atoms in total. The Hall–Kier alpha value is -1.29. The number of allylic oxidation sites excluding steroid dienone is 1. The second-order valence-corrected chi connectivity index (χ2v) is 24.1. The minimum Gasteiger partial charge on any atom is -0.479 e. The fourth-order valence-electron chi connectivity index (χ4n) is 12.6. The number of unbranched alkanes of at least 4 members (excludes halogenated alkanes) is 12. The molecule has 0 aromatic rings. The molecule has 11 heteroatoms. The average molecular weight is 909 g/mol. The molecule has 4 rings (SSSR count). The molecular formula is C52H95NO9P+. The van der Waals surface area contributed by atoms with E-state index in [2.05, 4.69) is 47.6 Å². The smallest absolute Gasteiger partial charge is 0.473 e. The van der Waals surface area contributed by atoms with Crippen LogP contribution in [0.5, 0.6) is 0 Å². The number of carbonyl (C=O) groups excluding carboxylic acids is 1. The fraction of sp³-hybridized carbons (Fsp3) is 0.923. The van der Waals surface area contributed by atoms with Crippen molar-refractivity contribution < 1.29 is 47.2 Å². The Morgan fingerprint density at radius 2 is 1.48 bits per heavy atom. The van der Waals surface area contributed by atoms with Gasteiger partial charge in [0.1, 0.15) is 25.9 Å². The van der Waals surface area contributed by atoms with Gasteiger partial charge in [-0.3, -0.25) is 13.8 Å². The van der Waals surface area contributed by atoms with Crippen molar-refractivity contribution in [3.8, 4) is 0 Å². The van der Waals surface area contributed by atoms with Crippen LogP contribution in [0.3, 0.4) is 0 Å². The van der Waals surface area contributed by atoms with Crippen molar-refractivity contribution in [1.82, 2.24) is 0 Å². The molecule has 0 aromatic carbocycles. The maximum Gasteiger partial charge on any atom is 0.473 e. The molecule has 63 heavy (non-hydrogen) atoms. The Bertz CT molecular complexity index is 1460. The quantitative estimate of drug-likeness (QED) is 0.0230. The minimum absolute atomic E-state index is 0.0594. The number of carboxylic acid groups (broad SMARTS) is 1. The number of phosphoric ester groups is 1. The van der Waals surface area contributed by atoms with E-state index < -0.39 is 32.0 Å². The van der Waals surface area contributed by atoms with Crippen LogP contribution in [0, 0.1) is 46.3 Å². The number of carbonyl (C=O) groups is 2. The number of esters is 1. The van der Waals surface area contributed by atoms with Crippen molar-refractivity contribution in [1.29, 1.82) is 0 Å². The first kappa shape index (κ1) is 54.3. The van der Waals surface area contributed by atoms with E-state index >= 15 is 0 Å². The molecule has 4 aliphatic carbocycles. The van der Waals surface area contributed by atoms with Crippen LogP contribution >= 0.6 is 7.82 Å². The normalized spacial score (nSPS) is 29.5. The van der Waals surface area contributed by atoms with Crippen LogP contribution < -0.4 is 0 Å². The predicted octanol–water partition coefficient (Wildman–Crippen LogP) is 13.1. The Morgan fingerprint density at radius 1 is 0.841 bits per heavy atom. The summed E-state index contributed by atoms with van der Waals surface area (Å²) in [6, 6.07) is 0. The Kier molecular flexibility index (Phi) is 22.2. The van der Waals surface area contributed by atoms with Gasteiger partial charge in [0.05, 0.1) is 27.2 Å². The Balaban J connectivity index is 1.35. The van der Waals surface area contributed by atoms with Crippen LogP contribution in [0.2, 0.25) is 0 Å². The Labute approximate surface area is 385 Å². The van der Waals surface area contributed by atoms with Gasteiger partial charge in [-0.15, -0.1) is 0 Å². The van der Waals surface area contributed by atoms with E-state index in [4.69, 9.17) is 18.5 Å². The van der Waals surface area contributed by atoms with Crippen molar-refractivity contribution in [3.63, 3.8) is 0 Å². The third kappa shape index (κ3) is 16.8. The predicted molar refractivity (Wildman–Crippen MR) is 254 cm³/mol. The van der Waals surface area contributed by atoms with Crippen molar-refractivity contribution in [2.45, 2.75) is 220 Å². The summed E-state index contributed by atoms with van der Waals surface area (Å²) in [5.41, 5.74) is 1.86. The summed E-state index contributed by atoms with van der Waals surface area (Å²) in [6.45, 7) is 14.5. The molecule has 0 saturated heterocycles. The molecular weight excluding hydrogens is 814 g/mol. The Morgan fingerprint density at radius 3 is 2.08 bits per heavy atom. The number of carboxylic acids is 1. The molecule has 0 bridgehead atoms. The summed E-state index contributed by atoms with van der Waals surface area (Å²) in [7, 11) is 0.973. The molecule has 3 saturated carbocycles. The largest absolute Gasteiger partial charge is 0.479 e. The van der Waals surface area contributed by atoms with Crippen LogP contribution in [-0.4, -0.2) is 85.6 Å². The first-order chi connectivity index (χ1) is 29.8. The second kappa shape index (κ2) is 25.7. The summed E-state index contributed by atoms with van der Waals surface area (Å²) in [5, 5.41) is 10.4. The van der Waals surface area contributed by atoms with E-state index in [1.54, 1.807) is 0 Å². The number of hydrogen-bond acceptors (Lipinski definition) is 7. The van der Waals surface area contributed by atoms with Gasteiger partial charge >= 0.3 is 19.8 Å².